The highest BCUT2D eigenvalue weighted by molar-refractivity contribution is 9.10. The van der Waals surface area contributed by atoms with Crippen LogP contribution in [0, 0.1) is 0 Å². The Morgan fingerprint density at radius 2 is 2.00 bits per heavy atom. The van der Waals surface area contributed by atoms with Crippen molar-refractivity contribution in [3.8, 4) is 5.75 Å². The van der Waals surface area contributed by atoms with Crippen LogP contribution in [0.1, 0.15) is 0 Å². The van der Waals surface area contributed by atoms with Gasteiger partial charge in [0.2, 0.25) is 0 Å². The number of hydrogen-bond acceptors (Lipinski definition) is 2. The predicted molar refractivity (Wildman–Crippen MR) is 61.5 cm³/mol. The van der Waals surface area contributed by atoms with Crippen LogP contribution in [0.4, 0.5) is 0 Å². The van der Waals surface area contributed by atoms with Crippen LogP contribution in [-0.4, -0.2) is 20.2 Å². The molecule has 0 saturated carbocycles. The van der Waals surface area contributed by atoms with Crippen LogP contribution >= 0.6 is 15.9 Å². The van der Waals surface area contributed by atoms with E-state index in [-0.39, 0.29) is 0 Å². The zero-order valence-electron chi connectivity index (χ0n) is 8.39. The first-order valence-corrected chi connectivity index (χ1v) is 8.44. The highest BCUT2D eigenvalue weighted by Crippen LogP contribution is 2.16. The maximum atomic E-state index is 5.28. The van der Waals surface area contributed by atoms with Gasteiger partial charge in [-0.25, -0.2) is 4.98 Å². The first-order valence-electron chi connectivity index (χ1n) is 4.15. The van der Waals surface area contributed by atoms with Gasteiger partial charge in [0.25, 0.3) is 0 Å². The maximum Gasteiger partial charge on any atom is 0.136 e. The van der Waals surface area contributed by atoms with E-state index in [0.717, 1.165) is 10.4 Å². The van der Waals surface area contributed by atoms with E-state index < -0.39 is 8.07 Å². The van der Waals surface area contributed by atoms with Gasteiger partial charge in [-0.2, -0.15) is 0 Å². The molecule has 1 heterocycles. The smallest absolute Gasteiger partial charge is 0.136 e. The first kappa shape index (κ1) is 10.7. The third-order valence-corrected chi connectivity index (χ3v) is 4.30. The van der Waals surface area contributed by atoms with Crippen molar-refractivity contribution >= 4 is 29.2 Å². The van der Waals surface area contributed by atoms with Crippen LogP contribution < -0.4 is 9.92 Å². The van der Waals surface area contributed by atoms with Gasteiger partial charge in [0.05, 0.1) is 21.4 Å². The van der Waals surface area contributed by atoms with Crippen molar-refractivity contribution in [1.82, 2.24) is 4.98 Å². The molecule has 1 rings (SSSR count). The van der Waals surface area contributed by atoms with Crippen LogP contribution in [-0.2, 0) is 0 Å². The zero-order chi connectivity index (χ0) is 10.1. The first-order chi connectivity index (χ1) is 5.95. The van der Waals surface area contributed by atoms with Crippen molar-refractivity contribution in [2.45, 2.75) is 19.6 Å². The maximum absolute atomic E-state index is 5.28. The van der Waals surface area contributed by atoms with E-state index in [9.17, 15) is 0 Å². The van der Waals surface area contributed by atoms with Gasteiger partial charge in [-0.1, -0.05) is 19.6 Å². The number of nitrogens with zero attached hydrogens (tertiary/aromatic N) is 1. The molecule has 0 aliphatic rings. The summed E-state index contributed by atoms with van der Waals surface area (Å²) in [6.45, 7) is 6.87. The van der Waals surface area contributed by atoms with Crippen LogP contribution in [0.3, 0.4) is 0 Å². The SMILES string of the molecule is COc1cnc(Br)cc1[Si](C)(C)C. The quantitative estimate of drug-likeness (QED) is 0.601. The molecule has 72 valence electrons. The van der Waals surface area contributed by atoms with Gasteiger partial charge in [0.1, 0.15) is 10.4 Å². The van der Waals surface area contributed by atoms with Crippen molar-refractivity contribution in [2.24, 2.45) is 0 Å². The van der Waals surface area contributed by atoms with E-state index in [1.165, 1.54) is 5.19 Å². The van der Waals surface area contributed by atoms with Gasteiger partial charge < -0.3 is 4.74 Å². The molecule has 4 heteroatoms. The van der Waals surface area contributed by atoms with Crippen molar-refractivity contribution in [2.75, 3.05) is 7.11 Å². The Bertz CT molecular complexity index is 309. The molecule has 0 spiro atoms. The van der Waals surface area contributed by atoms with Crippen LogP contribution in [0.5, 0.6) is 5.75 Å². The zero-order valence-corrected chi connectivity index (χ0v) is 11.0. The van der Waals surface area contributed by atoms with Crippen molar-refractivity contribution in [3.05, 3.63) is 16.9 Å². The summed E-state index contributed by atoms with van der Waals surface area (Å²) in [6, 6.07) is 2.06. The monoisotopic (exact) mass is 259 g/mol. The molecule has 0 saturated heterocycles. The van der Waals surface area contributed by atoms with E-state index in [4.69, 9.17) is 4.74 Å². The van der Waals surface area contributed by atoms with Crippen LogP contribution in [0.25, 0.3) is 0 Å². The lowest BCUT2D eigenvalue weighted by Gasteiger charge is -2.19. The molecule has 0 fully saturated rings. The number of aromatic nitrogens is 1. The molecule has 0 amide bonds. The van der Waals surface area contributed by atoms with Crippen LogP contribution in [0.15, 0.2) is 16.9 Å². The summed E-state index contributed by atoms with van der Waals surface area (Å²) in [6.07, 6.45) is 1.78. The molecule has 0 bridgehead atoms. The fraction of sp³-hybridized carbons (Fsp3) is 0.444. The lowest BCUT2D eigenvalue weighted by molar-refractivity contribution is 0.416. The average molecular weight is 260 g/mol. The largest absolute Gasteiger partial charge is 0.495 e. The van der Waals surface area contributed by atoms with E-state index in [1.807, 2.05) is 0 Å². The second kappa shape index (κ2) is 3.80. The van der Waals surface area contributed by atoms with E-state index in [1.54, 1.807) is 13.3 Å². The normalized spacial score (nSPS) is 11.5. The molecule has 1 aromatic heterocycles. The van der Waals surface area contributed by atoms with Gasteiger partial charge in [0.15, 0.2) is 0 Å². The molecule has 0 radical (unpaired) electrons. The number of ether oxygens (including phenoxy) is 1. The predicted octanol–water partition coefficient (Wildman–Crippen LogP) is 2.40. The Hall–Kier alpha value is -0.353. The summed E-state index contributed by atoms with van der Waals surface area (Å²) in [4.78, 5) is 4.14. The third-order valence-electron chi connectivity index (χ3n) is 1.86. The molecule has 0 N–H and O–H groups in total. The van der Waals surface area contributed by atoms with Crippen molar-refractivity contribution in [3.63, 3.8) is 0 Å². The van der Waals surface area contributed by atoms with Gasteiger partial charge >= 0.3 is 0 Å². The summed E-state index contributed by atoms with van der Waals surface area (Å²) in [5.74, 6) is 0.905. The van der Waals surface area contributed by atoms with E-state index in [0.29, 0.717) is 0 Å². The summed E-state index contributed by atoms with van der Waals surface area (Å²) < 4.78 is 6.16. The number of hydrogen-bond donors (Lipinski definition) is 0. The molecular formula is C9H14BrNOSi. The van der Waals surface area contributed by atoms with Crippen molar-refractivity contribution < 1.29 is 4.74 Å². The summed E-state index contributed by atoms with van der Waals surface area (Å²) in [7, 11) is 0.364. The second-order valence-corrected chi connectivity index (χ2v) is 9.81. The standard InChI is InChI=1S/C9H14BrNOSi/c1-12-7-6-11-9(10)5-8(7)13(2,3)4/h5-6H,1-4H3. The molecule has 0 aromatic carbocycles. The average Bonchev–Trinajstić information content (AvgIpc) is 2.03. The van der Waals surface area contributed by atoms with Gasteiger partial charge in [0, 0.05) is 0 Å². The number of methoxy groups -OCH3 is 1. The highest BCUT2D eigenvalue weighted by atomic mass is 79.9. The topological polar surface area (TPSA) is 22.1 Å². The van der Waals surface area contributed by atoms with Crippen molar-refractivity contribution in [1.29, 1.82) is 0 Å². The lowest BCUT2D eigenvalue weighted by Crippen LogP contribution is -2.38. The molecule has 1 aromatic rings. The molecule has 0 atom stereocenters. The van der Waals surface area contributed by atoms with Gasteiger partial charge in [-0.15, -0.1) is 0 Å². The minimum Gasteiger partial charge on any atom is -0.495 e. The molecule has 13 heavy (non-hydrogen) atoms. The van der Waals surface area contributed by atoms with Gasteiger partial charge in [-0.3, -0.25) is 0 Å². The number of halogens is 1. The lowest BCUT2D eigenvalue weighted by atomic mass is 10.4. The minimum atomic E-state index is -1.33. The third kappa shape index (κ3) is 2.54. The number of rotatable bonds is 2. The molecule has 0 aliphatic carbocycles. The number of pyridine rings is 1. The Morgan fingerprint density at radius 1 is 1.38 bits per heavy atom. The molecule has 0 unspecified atom stereocenters. The Kier molecular flexibility index (Phi) is 3.13. The second-order valence-electron chi connectivity index (χ2n) is 3.96. The molecular weight excluding hydrogens is 246 g/mol. The molecule has 2 nitrogen and oxygen atoms in total. The minimum absolute atomic E-state index is 0.880. The van der Waals surface area contributed by atoms with Gasteiger partial charge in [-0.05, 0) is 27.2 Å². The Balaban J connectivity index is 3.24. The highest BCUT2D eigenvalue weighted by Gasteiger charge is 2.21. The fourth-order valence-electron chi connectivity index (χ4n) is 1.17. The summed E-state index contributed by atoms with van der Waals surface area (Å²) >= 11 is 3.37. The Labute approximate surface area is 88.5 Å². The Morgan fingerprint density at radius 3 is 2.46 bits per heavy atom. The molecule has 0 aliphatic heterocycles. The summed E-state index contributed by atoms with van der Waals surface area (Å²) in [5.41, 5.74) is 0. The fourth-order valence-corrected chi connectivity index (χ4v) is 3.18. The van der Waals surface area contributed by atoms with E-state index in [2.05, 4.69) is 46.6 Å². The summed E-state index contributed by atoms with van der Waals surface area (Å²) in [5, 5.41) is 1.30. The van der Waals surface area contributed by atoms with E-state index >= 15 is 0 Å². The van der Waals surface area contributed by atoms with Crippen LogP contribution in [0.2, 0.25) is 19.6 Å².